The minimum atomic E-state index is -3.42. The van der Waals surface area contributed by atoms with Crippen LogP contribution in [0.25, 0.3) is 10.2 Å². The highest BCUT2D eigenvalue weighted by atomic mass is 32.2. The van der Waals surface area contributed by atoms with Crippen LogP contribution in [0.3, 0.4) is 0 Å². The molecule has 1 aliphatic rings. The number of sulfone groups is 1. The normalized spacial score (nSPS) is 14.5. The second kappa shape index (κ2) is 7.46. The number of benzene rings is 2. The number of hydrogen-bond donors (Lipinski definition) is 1. The molecule has 0 fully saturated rings. The molecule has 4 rings (SSSR count). The second-order valence-electron chi connectivity index (χ2n) is 7.02. The number of aromatic nitrogens is 1. The van der Waals surface area contributed by atoms with Gasteiger partial charge in [-0.2, -0.15) is 0 Å². The van der Waals surface area contributed by atoms with E-state index in [1.54, 1.807) is 0 Å². The zero-order valence-corrected chi connectivity index (χ0v) is 18.2. The van der Waals surface area contributed by atoms with E-state index < -0.39 is 44.2 Å². The van der Waals surface area contributed by atoms with Crippen molar-refractivity contribution in [2.24, 2.45) is 0 Å². The Morgan fingerprint density at radius 2 is 1.94 bits per heavy atom. The maximum absolute atomic E-state index is 12.8. The van der Waals surface area contributed by atoms with Crippen molar-refractivity contribution in [2.75, 3.05) is 11.6 Å². The minimum absolute atomic E-state index is 0.104. The van der Waals surface area contributed by atoms with E-state index in [0.717, 1.165) is 23.7 Å². The number of rotatable bonds is 5. The fourth-order valence-corrected chi connectivity index (χ4v) is 4.94. The molecule has 1 unspecified atom stereocenters. The smallest absolute Gasteiger partial charge is 0.282 e. The predicted octanol–water partition coefficient (Wildman–Crippen LogP) is 2.23. The van der Waals surface area contributed by atoms with Crippen LogP contribution in [0.15, 0.2) is 41.3 Å². The van der Waals surface area contributed by atoms with E-state index in [-0.39, 0.29) is 21.2 Å². The van der Waals surface area contributed by atoms with E-state index in [2.05, 4.69) is 10.3 Å². The Labute approximate surface area is 184 Å². The van der Waals surface area contributed by atoms with Crippen LogP contribution in [0, 0.1) is 10.1 Å². The Morgan fingerprint density at radius 1 is 1.22 bits per heavy atom. The standard InChI is InChI=1S/C19H14N4O7S2/c1-9(22-17(25)11-4-3-5-13(23(27)28)15(11)18(22)26)16(24)21-19-20-12-7-6-10(32(2,29)30)8-14(12)31-19/h3-9H,1-2H3,(H,20,21,24). The first-order valence-electron chi connectivity index (χ1n) is 9.06. The summed E-state index contributed by atoms with van der Waals surface area (Å²) in [6.45, 7) is 1.32. The second-order valence-corrected chi connectivity index (χ2v) is 10.1. The third kappa shape index (κ3) is 3.50. The van der Waals surface area contributed by atoms with E-state index in [0.29, 0.717) is 15.1 Å². The molecule has 164 valence electrons. The lowest BCUT2D eigenvalue weighted by molar-refractivity contribution is -0.385. The lowest BCUT2D eigenvalue weighted by Crippen LogP contribution is -2.45. The van der Waals surface area contributed by atoms with Crippen LogP contribution in [0.1, 0.15) is 27.6 Å². The third-order valence-electron chi connectivity index (χ3n) is 4.91. The van der Waals surface area contributed by atoms with Crippen LogP contribution in [0.2, 0.25) is 0 Å². The zero-order valence-electron chi connectivity index (χ0n) is 16.6. The van der Waals surface area contributed by atoms with Crippen molar-refractivity contribution < 1.29 is 27.7 Å². The third-order valence-corrected chi connectivity index (χ3v) is 6.95. The van der Waals surface area contributed by atoms with Gasteiger partial charge in [-0.05, 0) is 31.2 Å². The Morgan fingerprint density at radius 3 is 2.59 bits per heavy atom. The molecular weight excluding hydrogens is 460 g/mol. The molecule has 3 amide bonds. The summed E-state index contributed by atoms with van der Waals surface area (Å²) in [6.07, 6.45) is 1.08. The highest BCUT2D eigenvalue weighted by Gasteiger charge is 2.45. The maximum Gasteiger partial charge on any atom is 0.282 e. The molecule has 0 radical (unpaired) electrons. The summed E-state index contributed by atoms with van der Waals surface area (Å²) >= 11 is 1.03. The topological polar surface area (TPSA) is 157 Å². The van der Waals surface area contributed by atoms with Gasteiger partial charge < -0.3 is 5.32 Å². The van der Waals surface area contributed by atoms with Gasteiger partial charge in [0, 0.05) is 12.3 Å². The Hall–Kier alpha value is -3.71. The van der Waals surface area contributed by atoms with Crippen molar-refractivity contribution in [1.29, 1.82) is 0 Å². The van der Waals surface area contributed by atoms with E-state index >= 15 is 0 Å². The number of thiazole rings is 1. The lowest BCUT2D eigenvalue weighted by Gasteiger charge is -2.20. The Kier molecular flexibility index (Phi) is 5.02. The number of fused-ring (bicyclic) bond motifs is 2. The maximum atomic E-state index is 12.8. The van der Waals surface area contributed by atoms with Crippen LogP contribution in [-0.4, -0.2) is 53.2 Å². The van der Waals surface area contributed by atoms with Crippen LogP contribution < -0.4 is 5.32 Å². The summed E-state index contributed by atoms with van der Waals surface area (Å²) in [5.41, 5.74) is -0.543. The van der Waals surface area contributed by atoms with Crippen LogP contribution in [0.5, 0.6) is 0 Å². The summed E-state index contributed by atoms with van der Waals surface area (Å²) in [7, 11) is -3.42. The van der Waals surface area contributed by atoms with Gasteiger partial charge >= 0.3 is 0 Å². The van der Waals surface area contributed by atoms with Crippen molar-refractivity contribution in [3.8, 4) is 0 Å². The first-order valence-corrected chi connectivity index (χ1v) is 11.8. The van der Waals surface area contributed by atoms with Gasteiger partial charge in [0.15, 0.2) is 15.0 Å². The minimum Gasteiger partial charge on any atom is -0.300 e. The molecule has 3 aromatic rings. The van der Waals surface area contributed by atoms with Crippen LogP contribution in [0.4, 0.5) is 10.8 Å². The van der Waals surface area contributed by atoms with Crippen molar-refractivity contribution in [2.45, 2.75) is 17.9 Å². The molecule has 0 spiro atoms. The number of carbonyl (C=O) groups excluding carboxylic acids is 3. The molecule has 0 aliphatic carbocycles. The number of hydrogen-bond acceptors (Lipinski definition) is 9. The van der Waals surface area contributed by atoms with E-state index in [1.807, 2.05) is 0 Å². The van der Waals surface area contributed by atoms with Crippen LogP contribution in [-0.2, 0) is 14.6 Å². The summed E-state index contributed by atoms with van der Waals surface area (Å²) in [5.74, 6) is -2.47. The largest absolute Gasteiger partial charge is 0.300 e. The van der Waals surface area contributed by atoms with Gasteiger partial charge in [0.2, 0.25) is 5.91 Å². The van der Waals surface area contributed by atoms with Crippen molar-refractivity contribution in [1.82, 2.24) is 9.88 Å². The molecule has 0 saturated heterocycles. The number of nitrogens with one attached hydrogen (secondary N) is 1. The molecule has 13 heteroatoms. The summed E-state index contributed by atoms with van der Waals surface area (Å²) in [6, 6.07) is 6.76. The molecule has 11 nitrogen and oxygen atoms in total. The van der Waals surface area contributed by atoms with Gasteiger partial charge in [-0.3, -0.25) is 29.4 Å². The first kappa shape index (κ1) is 21.5. The molecular formula is C19H14N4O7S2. The number of nitro groups is 1. The molecule has 2 aromatic carbocycles. The predicted molar refractivity (Wildman–Crippen MR) is 114 cm³/mol. The number of nitrogens with zero attached hydrogens (tertiary/aromatic N) is 3. The number of anilines is 1. The number of carbonyl (C=O) groups is 3. The van der Waals surface area contributed by atoms with Crippen LogP contribution >= 0.6 is 11.3 Å². The summed E-state index contributed by atoms with van der Waals surface area (Å²) < 4.78 is 24.0. The fourth-order valence-electron chi connectivity index (χ4n) is 3.31. The molecule has 1 atom stereocenters. The quantitative estimate of drug-likeness (QED) is 0.335. The molecule has 0 saturated carbocycles. The van der Waals surface area contributed by atoms with Gasteiger partial charge in [-0.25, -0.2) is 13.4 Å². The van der Waals surface area contributed by atoms with E-state index in [4.69, 9.17) is 0 Å². The SMILES string of the molecule is CC(C(=O)Nc1nc2ccc(S(C)(=O)=O)cc2s1)N1C(=O)c2cccc([N+](=O)[O-])c2C1=O. The average Bonchev–Trinajstić information content (AvgIpc) is 3.24. The average molecular weight is 474 g/mol. The Balaban J connectivity index is 1.59. The van der Waals surface area contributed by atoms with Crippen molar-refractivity contribution >= 4 is 59.9 Å². The van der Waals surface area contributed by atoms with Gasteiger partial charge in [-0.1, -0.05) is 17.4 Å². The highest BCUT2D eigenvalue weighted by molar-refractivity contribution is 7.90. The number of imide groups is 1. The molecule has 0 bridgehead atoms. The van der Waals surface area contributed by atoms with Gasteiger partial charge in [0.05, 0.1) is 25.6 Å². The molecule has 1 aliphatic heterocycles. The zero-order chi connectivity index (χ0) is 23.4. The molecule has 1 aromatic heterocycles. The van der Waals surface area contributed by atoms with Gasteiger partial charge in [-0.15, -0.1) is 0 Å². The summed E-state index contributed by atoms with van der Waals surface area (Å²) in [5, 5.41) is 13.9. The highest BCUT2D eigenvalue weighted by Crippen LogP contribution is 2.33. The molecule has 2 heterocycles. The van der Waals surface area contributed by atoms with Crippen molar-refractivity contribution in [3.05, 3.63) is 57.6 Å². The monoisotopic (exact) mass is 474 g/mol. The van der Waals surface area contributed by atoms with Gasteiger partial charge in [0.1, 0.15) is 11.6 Å². The van der Waals surface area contributed by atoms with Gasteiger partial charge in [0.25, 0.3) is 17.5 Å². The van der Waals surface area contributed by atoms with Crippen molar-refractivity contribution in [3.63, 3.8) is 0 Å². The number of nitro benzene ring substituents is 1. The Bertz CT molecular complexity index is 1450. The summed E-state index contributed by atoms with van der Waals surface area (Å²) in [4.78, 5) is 53.6. The number of amides is 3. The first-order chi connectivity index (χ1) is 15.0. The molecule has 1 N–H and O–H groups in total. The molecule has 32 heavy (non-hydrogen) atoms. The van der Waals surface area contributed by atoms with E-state index in [9.17, 15) is 32.9 Å². The lowest BCUT2D eigenvalue weighted by atomic mass is 10.1. The fraction of sp³-hybridized carbons (Fsp3) is 0.158. The van der Waals surface area contributed by atoms with E-state index in [1.165, 1.54) is 37.3 Å².